The monoisotopic (exact) mass is 581 g/mol. The summed E-state index contributed by atoms with van der Waals surface area (Å²) in [5.41, 5.74) is 1.02. The smallest absolute Gasteiger partial charge is 0.0544 e. The van der Waals surface area contributed by atoms with Crippen LogP contribution in [0.2, 0.25) is 0 Å². The van der Waals surface area contributed by atoms with Gasteiger partial charge in [-0.2, -0.15) is 0 Å². The zero-order chi connectivity index (χ0) is 19.7. The van der Waals surface area contributed by atoms with E-state index in [2.05, 4.69) is 44.7 Å². The van der Waals surface area contributed by atoms with Gasteiger partial charge in [-0.15, -0.1) is 0 Å². The zero-order valence-corrected chi connectivity index (χ0v) is 18.8. The van der Waals surface area contributed by atoms with E-state index in [1.54, 1.807) is 37.2 Å². The molecule has 0 fully saturated rings. The maximum absolute atomic E-state index is 4.46. The van der Waals surface area contributed by atoms with Gasteiger partial charge in [0.2, 0.25) is 0 Å². The van der Waals surface area contributed by atoms with Gasteiger partial charge >= 0.3 is 0 Å². The molecule has 159 valence electrons. The van der Waals surface area contributed by atoms with Crippen LogP contribution in [-0.4, -0.2) is 42.8 Å². The van der Waals surface area contributed by atoms with Crippen LogP contribution < -0.4 is 15.0 Å². The molecule has 0 unspecified atom stereocenters. The van der Waals surface area contributed by atoms with Crippen molar-refractivity contribution >= 4 is 0 Å². The first-order chi connectivity index (χ1) is 14.3. The van der Waals surface area contributed by atoms with Crippen molar-refractivity contribution in [1.82, 2.24) is 44.7 Å². The molecule has 0 saturated carbocycles. The van der Waals surface area contributed by atoms with E-state index >= 15 is 0 Å². The zero-order valence-electron chi connectivity index (χ0n) is 16.4. The molecule has 0 aromatic carbocycles. The summed E-state index contributed by atoms with van der Waals surface area (Å²) in [5.74, 6) is 2.41. The summed E-state index contributed by atoms with van der Waals surface area (Å²) in [6.45, 7) is 4.29. The van der Waals surface area contributed by atoms with E-state index in [-0.39, 0.29) is 20.1 Å². The maximum atomic E-state index is 4.46. The van der Waals surface area contributed by atoms with Crippen molar-refractivity contribution in [3.63, 3.8) is 0 Å². The van der Waals surface area contributed by atoms with Crippen molar-refractivity contribution in [3.05, 3.63) is 84.7 Å². The first-order valence-electron chi connectivity index (χ1n) is 9.47. The van der Waals surface area contributed by atoms with Crippen LogP contribution in [0.5, 0.6) is 0 Å². The fourth-order valence-corrected chi connectivity index (χ4v) is 3.09. The Morgan fingerprint density at radius 3 is 1.50 bits per heavy atom. The fraction of sp³-hybridized carbons (Fsp3) is 0.300. The minimum Gasteiger partial charge on any atom is -0.445 e. The SMILES string of the molecule is [Ir].c1ccc(CN(CCN(Cc2ncc[n-]2)Cc2ncc[n-]2)Cc2ncc[n-]2)nc1. The van der Waals surface area contributed by atoms with Gasteiger partial charge in [-0.3, -0.25) is 14.8 Å². The van der Waals surface area contributed by atoms with Crippen molar-refractivity contribution in [3.8, 4) is 0 Å². The molecule has 0 atom stereocenters. The van der Waals surface area contributed by atoms with E-state index in [1.807, 2.05) is 24.4 Å². The van der Waals surface area contributed by atoms with Crippen molar-refractivity contribution in [1.29, 1.82) is 0 Å². The van der Waals surface area contributed by atoms with Crippen LogP contribution in [0.15, 0.2) is 61.6 Å². The van der Waals surface area contributed by atoms with E-state index in [0.29, 0.717) is 19.6 Å². The van der Waals surface area contributed by atoms with E-state index in [4.69, 9.17) is 0 Å². The number of hydrogen-bond acceptors (Lipinski definition) is 6. The topological polar surface area (TPSA) is 100 Å². The number of hydrogen-bond donors (Lipinski definition) is 0. The molecule has 4 heterocycles. The summed E-state index contributed by atoms with van der Waals surface area (Å²) in [5, 5.41) is 0. The molecule has 4 aromatic heterocycles. The second kappa shape index (κ2) is 11.5. The van der Waals surface area contributed by atoms with E-state index in [9.17, 15) is 0 Å². The number of nitrogens with zero attached hydrogens (tertiary/aromatic N) is 9. The van der Waals surface area contributed by atoms with Crippen molar-refractivity contribution in [2.75, 3.05) is 13.1 Å². The molecule has 4 aromatic rings. The Balaban J connectivity index is 0.00000256. The Morgan fingerprint density at radius 1 is 0.600 bits per heavy atom. The minimum absolute atomic E-state index is 0. The Bertz CT molecular complexity index is 888. The Morgan fingerprint density at radius 2 is 1.10 bits per heavy atom. The molecule has 0 aliphatic carbocycles. The summed E-state index contributed by atoms with van der Waals surface area (Å²) >= 11 is 0. The molecule has 0 bridgehead atoms. The van der Waals surface area contributed by atoms with Gasteiger partial charge in [0.15, 0.2) is 0 Å². The molecule has 10 heteroatoms. The Labute approximate surface area is 188 Å². The first kappa shape index (κ1) is 22.0. The molecular formula is C20H22IrN9-3. The minimum atomic E-state index is 0. The quantitative estimate of drug-likeness (QED) is 0.256. The molecular weight excluding hydrogens is 559 g/mol. The van der Waals surface area contributed by atoms with E-state index in [0.717, 1.165) is 42.8 Å². The standard InChI is InChI=1S/C20H22N9.Ir/c1-2-4-21-17(3-1)13-28(14-18-22-5-6-23-18)11-12-29(15-19-24-7-8-25-19)16-20-26-9-10-27-20;/h1-10H,11-16H2;/q-3;. The largest absolute Gasteiger partial charge is 0.445 e. The molecule has 4 rings (SSSR count). The third-order valence-corrected chi connectivity index (χ3v) is 4.48. The van der Waals surface area contributed by atoms with Gasteiger partial charge in [-0.05, 0) is 12.1 Å². The van der Waals surface area contributed by atoms with Gasteiger partial charge in [-0.1, -0.05) is 60.7 Å². The summed E-state index contributed by atoms with van der Waals surface area (Å²) in [6.07, 6.45) is 12.1. The maximum Gasteiger partial charge on any atom is 0.0544 e. The van der Waals surface area contributed by atoms with Gasteiger partial charge in [0.05, 0.1) is 5.69 Å². The first-order valence-corrected chi connectivity index (χ1v) is 9.47. The average molecular weight is 581 g/mol. The van der Waals surface area contributed by atoms with E-state index < -0.39 is 0 Å². The Hall–Kier alpha value is -2.65. The second-order valence-electron chi connectivity index (χ2n) is 6.66. The molecule has 0 amide bonds. The van der Waals surface area contributed by atoms with Crippen molar-refractivity contribution in [2.45, 2.75) is 26.2 Å². The molecule has 0 spiro atoms. The van der Waals surface area contributed by atoms with Crippen LogP contribution in [0.1, 0.15) is 23.2 Å². The molecule has 1 radical (unpaired) electrons. The second-order valence-corrected chi connectivity index (χ2v) is 6.66. The third kappa shape index (κ3) is 6.70. The molecule has 9 nitrogen and oxygen atoms in total. The van der Waals surface area contributed by atoms with Crippen LogP contribution in [-0.2, 0) is 46.3 Å². The number of pyridine rings is 1. The van der Waals surface area contributed by atoms with Crippen molar-refractivity contribution < 1.29 is 20.1 Å². The summed E-state index contributed by atoms with van der Waals surface area (Å²) in [7, 11) is 0. The molecule has 30 heavy (non-hydrogen) atoms. The third-order valence-electron chi connectivity index (χ3n) is 4.48. The number of rotatable bonds is 11. The molecule has 0 N–H and O–H groups in total. The van der Waals surface area contributed by atoms with Crippen LogP contribution in [0.4, 0.5) is 0 Å². The average Bonchev–Trinajstić information content (AvgIpc) is 3.51. The van der Waals surface area contributed by atoms with E-state index in [1.165, 1.54) is 0 Å². The normalized spacial score (nSPS) is 11.1. The van der Waals surface area contributed by atoms with Gasteiger partial charge in [-0.25, -0.2) is 0 Å². The van der Waals surface area contributed by atoms with Gasteiger partial charge in [0, 0.05) is 65.6 Å². The summed E-state index contributed by atoms with van der Waals surface area (Å²) in [4.78, 5) is 34.9. The van der Waals surface area contributed by atoms with Crippen LogP contribution >= 0.6 is 0 Å². The molecule has 0 saturated heterocycles. The Kier molecular flexibility index (Phi) is 8.46. The number of imidazole rings is 3. The van der Waals surface area contributed by atoms with Crippen LogP contribution in [0, 0.1) is 0 Å². The van der Waals surface area contributed by atoms with Gasteiger partial charge in [0.25, 0.3) is 0 Å². The molecule has 0 aliphatic rings. The predicted octanol–water partition coefficient (Wildman–Crippen LogP) is 0.840. The fourth-order valence-electron chi connectivity index (χ4n) is 3.09. The van der Waals surface area contributed by atoms with Crippen LogP contribution in [0.25, 0.3) is 0 Å². The molecule has 0 aliphatic heterocycles. The predicted molar refractivity (Wildman–Crippen MR) is 105 cm³/mol. The van der Waals surface area contributed by atoms with Crippen molar-refractivity contribution in [2.24, 2.45) is 0 Å². The van der Waals surface area contributed by atoms with Gasteiger partial charge < -0.3 is 29.9 Å². The summed E-state index contributed by atoms with van der Waals surface area (Å²) in [6, 6.07) is 5.97. The van der Waals surface area contributed by atoms with Gasteiger partial charge in [0.1, 0.15) is 0 Å². The van der Waals surface area contributed by atoms with Crippen LogP contribution in [0.3, 0.4) is 0 Å². The number of aromatic nitrogens is 7. The summed E-state index contributed by atoms with van der Waals surface area (Å²) < 4.78 is 0.